The molecule has 2 heterocycles. The highest BCUT2D eigenvalue weighted by molar-refractivity contribution is 5.93. The monoisotopic (exact) mass is 436 g/mol. The van der Waals surface area contributed by atoms with Crippen LogP contribution >= 0.6 is 0 Å². The summed E-state index contributed by atoms with van der Waals surface area (Å²) in [6.07, 6.45) is 9.81. The van der Waals surface area contributed by atoms with Gasteiger partial charge in [0.25, 0.3) is 0 Å². The predicted octanol–water partition coefficient (Wildman–Crippen LogP) is 4.05. The van der Waals surface area contributed by atoms with Crippen molar-refractivity contribution < 1.29 is 9.63 Å². The van der Waals surface area contributed by atoms with Gasteiger partial charge < -0.3 is 25.7 Å². The number of hydrogen-bond acceptors (Lipinski definition) is 6. The third kappa shape index (κ3) is 5.12. The summed E-state index contributed by atoms with van der Waals surface area (Å²) in [6.45, 7) is 2.64. The maximum absolute atomic E-state index is 12.8. The summed E-state index contributed by atoms with van der Waals surface area (Å²) < 4.78 is 0. The number of hydrogen-bond donors (Lipinski definition) is 2. The van der Waals surface area contributed by atoms with Gasteiger partial charge in [-0.05, 0) is 42.5 Å². The quantitative estimate of drug-likeness (QED) is 0.545. The third-order valence-corrected chi connectivity index (χ3v) is 6.43. The van der Waals surface area contributed by atoms with Gasteiger partial charge in [0.15, 0.2) is 0 Å². The van der Waals surface area contributed by atoms with Crippen molar-refractivity contribution in [2.75, 3.05) is 49.2 Å². The number of aromatic nitrogens is 1. The van der Waals surface area contributed by atoms with Gasteiger partial charge in [-0.3, -0.25) is 0 Å². The first-order valence-corrected chi connectivity index (χ1v) is 11.4. The van der Waals surface area contributed by atoms with Crippen LogP contribution in [0.5, 0.6) is 0 Å². The number of nitrogens with one attached hydrogen (secondary N) is 1. The number of anilines is 3. The van der Waals surface area contributed by atoms with E-state index in [2.05, 4.69) is 32.5 Å². The van der Waals surface area contributed by atoms with Crippen molar-refractivity contribution >= 4 is 29.4 Å². The molecule has 2 amide bonds. The van der Waals surface area contributed by atoms with E-state index in [1.54, 1.807) is 12.4 Å². The van der Waals surface area contributed by atoms with Gasteiger partial charge in [-0.2, -0.15) is 0 Å². The van der Waals surface area contributed by atoms with Gasteiger partial charge in [-0.1, -0.05) is 36.6 Å². The number of nitrogen functional groups attached to an aromatic ring is 1. The molecule has 170 valence electrons. The zero-order valence-corrected chi connectivity index (χ0v) is 18.7. The SMILES string of the molecule is CO/N=C\c1c(N2CCN(C(=O)Nc3ccc(C4CCCCC4)cc3)CC2)ccnc1N. The molecule has 0 radical (unpaired) electrons. The number of carbonyl (C=O) groups is 1. The standard InChI is InChI=1S/C24H32N6O2/c1-32-27-17-21-22(11-12-26-23(21)25)29-13-15-30(16-14-29)24(31)28-20-9-7-19(8-10-20)18-5-3-2-4-6-18/h7-12,17-18H,2-6,13-16H2,1H3,(H2,25,26)(H,28,31)/b27-17-. The predicted molar refractivity (Wildman–Crippen MR) is 128 cm³/mol. The van der Waals surface area contributed by atoms with Crippen molar-refractivity contribution in [1.29, 1.82) is 0 Å². The minimum Gasteiger partial charge on any atom is -0.399 e. The molecule has 1 saturated carbocycles. The number of nitrogens with two attached hydrogens (primary N) is 1. The highest BCUT2D eigenvalue weighted by Crippen LogP contribution is 2.33. The summed E-state index contributed by atoms with van der Waals surface area (Å²) in [4.78, 5) is 25.8. The van der Waals surface area contributed by atoms with Crippen LogP contribution in [-0.4, -0.2) is 55.4 Å². The van der Waals surface area contributed by atoms with Gasteiger partial charge in [0, 0.05) is 38.1 Å². The second-order valence-corrected chi connectivity index (χ2v) is 8.41. The topological polar surface area (TPSA) is 96.1 Å². The number of piperazine rings is 1. The van der Waals surface area contributed by atoms with Gasteiger partial charge in [0.05, 0.1) is 17.5 Å². The first-order valence-electron chi connectivity index (χ1n) is 11.4. The molecule has 0 bridgehead atoms. The van der Waals surface area contributed by atoms with Crippen LogP contribution in [0.15, 0.2) is 41.7 Å². The van der Waals surface area contributed by atoms with Crippen molar-refractivity contribution in [3.63, 3.8) is 0 Å². The Morgan fingerprint density at radius 3 is 2.53 bits per heavy atom. The highest BCUT2D eigenvalue weighted by atomic mass is 16.6. The molecule has 32 heavy (non-hydrogen) atoms. The fourth-order valence-electron chi connectivity index (χ4n) is 4.62. The van der Waals surface area contributed by atoms with Crippen molar-refractivity contribution in [1.82, 2.24) is 9.88 Å². The Labute approximate surface area is 189 Å². The van der Waals surface area contributed by atoms with E-state index < -0.39 is 0 Å². The smallest absolute Gasteiger partial charge is 0.321 e. The van der Waals surface area contributed by atoms with E-state index in [-0.39, 0.29) is 6.03 Å². The van der Waals surface area contributed by atoms with Gasteiger partial charge in [0.1, 0.15) is 12.9 Å². The van der Waals surface area contributed by atoms with Gasteiger partial charge in [-0.25, -0.2) is 9.78 Å². The normalized spacial score (nSPS) is 17.5. The first-order chi connectivity index (χ1) is 15.7. The molecule has 8 heteroatoms. The molecule has 1 aromatic carbocycles. The number of urea groups is 1. The molecule has 3 N–H and O–H groups in total. The minimum absolute atomic E-state index is 0.0644. The lowest BCUT2D eigenvalue weighted by Gasteiger charge is -2.36. The average molecular weight is 437 g/mol. The molecule has 4 rings (SSSR count). The van der Waals surface area contributed by atoms with Crippen LogP contribution < -0.4 is 16.0 Å². The van der Waals surface area contributed by atoms with E-state index in [1.807, 2.05) is 23.1 Å². The molecule has 1 saturated heterocycles. The first kappa shape index (κ1) is 21.9. The van der Waals surface area contributed by atoms with Crippen molar-refractivity contribution in [3.8, 4) is 0 Å². The Kier molecular flexibility index (Phi) is 7.09. The summed E-state index contributed by atoms with van der Waals surface area (Å²) >= 11 is 0. The molecule has 1 aliphatic heterocycles. The van der Waals surface area contributed by atoms with Gasteiger partial charge in [-0.15, -0.1) is 0 Å². The largest absolute Gasteiger partial charge is 0.399 e. The second-order valence-electron chi connectivity index (χ2n) is 8.41. The highest BCUT2D eigenvalue weighted by Gasteiger charge is 2.23. The van der Waals surface area contributed by atoms with Crippen LogP contribution in [0.1, 0.15) is 49.1 Å². The molecule has 2 aromatic rings. The lowest BCUT2D eigenvalue weighted by Crippen LogP contribution is -2.50. The second kappa shape index (κ2) is 10.3. The van der Waals surface area contributed by atoms with Crippen molar-refractivity contribution in [2.45, 2.75) is 38.0 Å². The summed E-state index contributed by atoms with van der Waals surface area (Å²) in [5.74, 6) is 1.07. The minimum atomic E-state index is -0.0644. The number of rotatable bonds is 5. The molecular weight excluding hydrogens is 404 g/mol. The molecule has 2 aliphatic rings. The molecule has 1 aliphatic carbocycles. The van der Waals surface area contributed by atoms with Crippen LogP contribution in [0.4, 0.5) is 22.0 Å². The van der Waals surface area contributed by atoms with Gasteiger partial charge >= 0.3 is 6.03 Å². The fraction of sp³-hybridized carbons (Fsp3) is 0.458. The zero-order valence-electron chi connectivity index (χ0n) is 18.7. The fourth-order valence-corrected chi connectivity index (χ4v) is 4.62. The molecular formula is C24H32N6O2. The van der Waals surface area contributed by atoms with E-state index in [1.165, 1.54) is 44.8 Å². The molecule has 1 aromatic heterocycles. The summed E-state index contributed by atoms with van der Waals surface area (Å²) in [6, 6.07) is 10.2. The number of benzene rings is 1. The van der Waals surface area contributed by atoms with Crippen LogP contribution in [0.25, 0.3) is 0 Å². The van der Waals surface area contributed by atoms with E-state index in [4.69, 9.17) is 10.6 Å². The Hall–Kier alpha value is -3.29. The molecule has 0 spiro atoms. The molecule has 8 nitrogen and oxygen atoms in total. The number of oxime groups is 1. The Morgan fingerprint density at radius 1 is 1.12 bits per heavy atom. The molecule has 0 atom stereocenters. The Morgan fingerprint density at radius 2 is 1.84 bits per heavy atom. The van der Waals surface area contributed by atoms with Crippen LogP contribution in [0.2, 0.25) is 0 Å². The van der Waals surface area contributed by atoms with E-state index in [0.717, 1.165) is 16.9 Å². The third-order valence-electron chi connectivity index (χ3n) is 6.43. The Bertz CT molecular complexity index is 932. The van der Waals surface area contributed by atoms with Crippen LogP contribution in [0.3, 0.4) is 0 Å². The maximum Gasteiger partial charge on any atom is 0.321 e. The number of carbonyl (C=O) groups excluding carboxylic acids is 1. The number of nitrogens with zero attached hydrogens (tertiary/aromatic N) is 4. The summed E-state index contributed by atoms with van der Waals surface area (Å²) in [5, 5.41) is 6.88. The van der Waals surface area contributed by atoms with Crippen molar-refractivity contribution in [3.05, 3.63) is 47.7 Å². The lowest BCUT2D eigenvalue weighted by atomic mass is 9.84. The van der Waals surface area contributed by atoms with Crippen LogP contribution in [-0.2, 0) is 4.84 Å². The van der Waals surface area contributed by atoms with Gasteiger partial charge in [0.2, 0.25) is 0 Å². The molecule has 0 unspecified atom stereocenters. The summed E-state index contributed by atoms with van der Waals surface area (Å²) in [5.41, 5.74) is 9.93. The average Bonchev–Trinajstić information content (AvgIpc) is 2.84. The van der Waals surface area contributed by atoms with E-state index in [0.29, 0.717) is 37.9 Å². The Balaban J connectivity index is 1.33. The maximum atomic E-state index is 12.8. The summed E-state index contributed by atoms with van der Waals surface area (Å²) in [7, 11) is 1.49. The number of amides is 2. The van der Waals surface area contributed by atoms with Crippen LogP contribution in [0, 0.1) is 0 Å². The van der Waals surface area contributed by atoms with Crippen molar-refractivity contribution in [2.24, 2.45) is 5.16 Å². The van der Waals surface area contributed by atoms with E-state index in [9.17, 15) is 4.79 Å². The molecule has 2 fully saturated rings. The van der Waals surface area contributed by atoms with E-state index >= 15 is 0 Å². The number of pyridine rings is 1. The lowest BCUT2D eigenvalue weighted by molar-refractivity contribution is 0.208. The zero-order chi connectivity index (χ0) is 22.3.